The van der Waals surface area contributed by atoms with E-state index in [4.69, 9.17) is 10.5 Å². The number of ether oxygens (including phenoxy) is 1. The van der Waals surface area contributed by atoms with Crippen LogP contribution in [0.1, 0.15) is 19.4 Å². The lowest BCUT2D eigenvalue weighted by atomic mass is 10.1. The number of nitrogens with two attached hydrogens (primary N) is 1. The zero-order chi connectivity index (χ0) is 11.6. The molecule has 0 aromatic carbocycles. The van der Waals surface area contributed by atoms with Gasteiger partial charge in [-0.1, -0.05) is 0 Å². The van der Waals surface area contributed by atoms with Gasteiger partial charge in [0, 0.05) is 43.3 Å². The van der Waals surface area contributed by atoms with E-state index < -0.39 is 0 Å². The Morgan fingerprint density at radius 3 is 3.06 bits per heavy atom. The second-order valence-corrected chi connectivity index (χ2v) is 4.74. The molecule has 4 heteroatoms. The molecule has 1 saturated heterocycles. The minimum atomic E-state index is -0.0899. The molecule has 0 radical (unpaired) electrons. The summed E-state index contributed by atoms with van der Waals surface area (Å²) in [5.41, 5.74) is 7.92. The van der Waals surface area contributed by atoms with Gasteiger partial charge in [0.1, 0.15) is 0 Å². The lowest BCUT2D eigenvalue weighted by Gasteiger charge is -2.40. The molecule has 0 saturated carbocycles. The fourth-order valence-electron chi connectivity index (χ4n) is 2.11. The molecule has 2 rings (SSSR count). The van der Waals surface area contributed by atoms with E-state index in [1.54, 1.807) is 0 Å². The molecule has 88 valence electrons. The van der Waals surface area contributed by atoms with Crippen molar-refractivity contribution in [2.24, 2.45) is 5.73 Å². The lowest BCUT2D eigenvalue weighted by molar-refractivity contribution is -0.0277. The third-order valence-electron chi connectivity index (χ3n) is 2.86. The van der Waals surface area contributed by atoms with Crippen molar-refractivity contribution >= 4 is 5.69 Å². The number of nitrogens with zero attached hydrogens (tertiary/aromatic N) is 2. The summed E-state index contributed by atoms with van der Waals surface area (Å²) in [7, 11) is 0. The molecule has 16 heavy (non-hydrogen) atoms. The maximum absolute atomic E-state index is 5.73. The number of pyridine rings is 1. The van der Waals surface area contributed by atoms with E-state index in [1.165, 1.54) is 5.69 Å². The van der Waals surface area contributed by atoms with Gasteiger partial charge in [-0.3, -0.25) is 4.98 Å². The first kappa shape index (κ1) is 11.4. The summed E-state index contributed by atoms with van der Waals surface area (Å²) in [5.74, 6) is 0. The van der Waals surface area contributed by atoms with Crippen LogP contribution >= 0.6 is 0 Å². The number of morpholine rings is 1. The molecule has 4 nitrogen and oxygen atoms in total. The van der Waals surface area contributed by atoms with Crippen molar-refractivity contribution in [3.63, 3.8) is 0 Å². The first-order chi connectivity index (χ1) is 7.62. The molecular formula is C12H19N3O. The van der Waals surface area contributed by atoms with Gasteiger partial charge in [-0.25, -0.2) is 0 Å². The predicted octanol–water partition coefficient (Wildman–Crippen LogP) is 1.16. The first-order valence-corrected chi connectivity index (χ1v) is 5.64. The van der Waals surface area contributed by atoms with Crippen LogP contribution in [0.2, 0.25) is 0 Å². The number of hydrogen-bond donors (Lipinski definition) is 1. The van der Waals surface area contributed by atoms with Gasteiger partial charge in [-0.2, -0.15) is 0 Å². The molecular weight excluding hydrogens is 202 g/mol. The second-order valence-electron chi connectivity index (χ2n) is 4.74. The molecule has 0 unspecified atom stereocenters. The van der Waals surface area contributed by atoms with Crippen molar-refractivity contribution in [1.82, 2.24) is 4.98 Å². The Hall–Kier alpha value is -1.13. The quantitative estimate of drug-likeness (QED) is 0.814. The zero-order valence-electron chi connectivity index (χ0n) is 9.94. The van der Waals surface area contributed by atoms with Crippen molar-refractivity contribution in [3.8, 4) is 0 Å². The van der Waals surface area contributed by atoms with Crippen LogP contribution in [-0.4, -0.2) is 30.3 Å². The molecule has 1 aromatic heterocycles. The minimum Gasteiger partial charge on any atom is -0.372 e. The van der Waals surface area contributed by atoms with E-state index >= 15 is 0 Å². The fraction of sp³-hybridized carbons (Fsp3) is 0.583. The SMILES string of the molecule is CC1(C)CN(c2ccncc2CN)CCO1. The normalized spacial score (nSPS) is 19.8. The Balaban J connectivity index is 2.23. The molecule has 1 fully saturated rings. The number of rotatable bonds is 2. The first-order valence-electron chi connectivity index (χ1n) is 5.64. The van der Waals surface area contributed by atoms with Crippen LogP contribution in [0.3, 0.4) is 0 Å². The number of hydrogen-bond acceptors (Lipinski definition) is 4. The third-order valence-corrected chi connectivity index (χ3v) is 2.86. The van der Waals surface area contributed by atoms with Gasteiger partial charge in [0.2, 0.25) is 0 Å². The maximum atomic E-state index is 5.73. The average molecular weight is 221 g/mol. The van der Waals surface area contributed by atoms with E-state index in [1.807, 2.05) is 18.5 Å². The Morgan fingerprint density at radius 2 is 2.38 bits per heavy atom. The van der Waals surface area contributed by atoms with Gasteiger partial charge in [0.15, 0.2) is 0 Å². The summed E-state index contributed by atoms with van der Waals surface area (Å²) >= 11 is 0. The van der Waals surface area contributed by atoms with Crippen LogP contribution in [0, 0.1) is 0 Å². The molecule has 1 aliphatic rings. The van der Waals surface area contributed by atoms with Crippen molar-refractivity contribution in [2.75, 3.05) is 24.6 Å². The predicted molar refractivity (Wildman–Crippen MR) is 64.4 cm³/mol. The molecule has 0 aliphatic carbocycles. The van der Waals surface area contributed by atoms with Crippen molar-refractivity contribution < 1.29 is 4.74 Å². The highest BCUT2D eigenvalue weighted by Crippen LogP contribution is 2.25. The van der Waals surface area contributed by atoms with Gasteiger partial charge in [0.25, 0.3) is 0 Å². The lowest BCUT2D eigenvalue weighted by Crippen LogP contribution is -2.48. The molecule has 0 amide bonds. The van der Waals surface area contributed by atoms with Gasteiger partial charge < -0.3 is 15.4 Å². The minimum absolute atomic E-state index is 0.0899. The van der Waals surface area contributed by atoms with Crippen molar-refractivity contribution in [2.45, 2.75) is 26.0 Å². The van der Waals surface area contributed by atoms with Gasteiger partial charge >= 0.3 is 0 Å². The highest BCUT2D eigenvalue weighted by Gasteiger charge is 2.28. The van der Waals surface area contributed by atoms with Crippen LogP contribution in [-0.2, 0) is 11.3 Å². The number of aromatic nitrogens is 1. The van der Waals surface area contributed by atoms with Crippen LogP contribution in [0.25, 0.3) is 0 Å². The standard InChI is InChI=1S/C12H19N3O/c1-12(2)9-15(5-6-16-12)11-3-4-14-8-10(11)7-13/h3-4,8H,5-7,9,13H2,1-2H3. The van der Waals surface area contributed by atoms with E-state index in [2.05, 4.69) is 23.7 Å². The Labute approximate surface area is 96.4 Å². The molecule has 1 aliphatic heterocycles. The molecule has 0 bridgehead atoms. The van der Waals surface area contributed by atoms with Crippen molar-refractivity contribution in [3.05, 3.63) is 24.0 Å². The Bertz CT molecular complexity index is 365. The maximum Gasteiger partial charge on any atom is 0.0801 e. The topological polar surface area (TPSA) is 51.4 Å². The van der Waals surface area contributed by atoms with Crippen LogP contribution in [0.15, 0.2) is 18.5 Å². The van der Waals surface area contributed by atoms with E-state index in [-0.39, 0.29) is 5.60 Å². The fourth-order valence-corrected chi connectivity index (χ4v) is 2.11. The van der Waals surface area contributed by atoms with E-state index in [0.29, 0.717) is 6.54 Å². The number of anilines is 1. The van der Waals surface area contributed by atoms with E-state index in [0.717, 1.165) is 25.3 Å². The molecule has 0 atom stereocenters. The van der Waals surface area contributed by atoms with Gasteiger partial charge in [-0.05, 0) is 19.9 Å². The van der Waals surface area contributed by atoms with Crippen molar-refractivity contribution in [1.29, 1.82) is 0 Å². The van der Waals surface area contributed by atoms with E-state index in [9.17, 15) is 0 Å². The Morgan fingerprint density at radius 1 is 1.56 bits per heavy atom. The Kier molecular flexibility index (Phi) is 3.12. The summed E-state index contributed by atoms with van der Waals surface area (Å²) in [4.78, 5) is 6.44. The summed E-state index contributed by atoms with van der Waals surface area (Å²) in [6.45, 7) is 7.33. The monoisotopic (exact) mass is 221 g/mol. The summed E-state index contributed by atoms with van der Waals surface area (Å²) in [6, 6.07) is 2.03. The smallest absolute Gasteiger partial charge is 0.0801 e. The summed E-state index contributed by atoms with van der Waals surface area (Å²) in [6.07, 6.45) is 3.66. The summed E-state index contributed by atoms with van der Waals surface area (Å²) < 4.78 is 5.70. The molecule has 1 aromatic rings. The molecule has 2 N–H and O–H groups in total. The average Bonchev–Trinajstić information content (AvgIpc) is 2.27. The third kappa shape index (κ3) is 2.33. The van der Waals surface area contributed by atoms with Crippen LogP contribution in [0.4, 0.5) is 5.69 Å². The summed E-state index contributed by atoms with van der Waals surface area (Å²) in [5, 5.41) is 0. The van der Waals surface area contributed by atoms with Crippen LogP contribution < -0.4 is 10.6 Å². The van der Waals surface area contributed by atoms with Gasteiger partial charge in [-0.15, -0.1) is 0 Å². The highest BCUT2D eigenvalue weighted by molar-refractivity contribution is 5.52. The highest BCUT2D eigenvalue weighted by atomic mass is 16.5. The van der Waals surface area contributed by atoms with Crippen LogP contribution in [0.5, 0.6) is 0 Å². The van der Waals surface area contributed by atoms with Gasteiger partial charge in [0.05, 0.1) is 12.2 Å². The second kappa shape index (κ2) is 4.39. The largest absolute Gasteiger partial charge is 0.372 e. The molecule has 2 heterocycles. The molecule has 0 spiro atoms. The zero-order valence-corrected chi connectivity index (χ0v) is 9.94.